The zero-order chi connectivity index (χ0) is 29.8. The first kappa shape index (κ1) is 31.5. The Bertz CT molecular complexity index is 1200. The summed E-state index contributed by atoms with van der Waals surface area (Å²) in [4.78, 5) is 33.7. The third-order valence-corrected chi connectivity index (χ3v) is 7.30. The molecule has 2 aromatic rings. The van der Waals surface area contributed by atoms with Crippen molar-refractivity contribution in [1.29, 1.82) is 0 Å². The molecule has 40 heavy (non-hydrogen) atoms. The van der Waals surface area contributed by atoms with Crippen molar-refractivity contribution in [2.24, 2.45) is 5.92 Å². The van der Waals surface area contributed by atoms with Crippen LogP contribution in [0.25, 0.3) is 0 Å². The van der Waals surface area contributed by atoms with Crippen molar-refractivity contribution in [1.82, 2.24) is 14.8 Å². The Labute approximate surface area is 233 Å². The van der Waals surface area contributed by atoms with Crippen molar-refractivity contribution in [2.75, 3.05) is 45.7 Å². The number of carbonyl (C=O) groups excluding carboxylic acids is 2. The number of halogens is 7. The third kappa shape index (κ3) is 7.80. The van der Waals surface area contributed by atoms with Gasteiger partial charge in [-0.15, -0.1) is 0 Å². The van der Waals surface area contributed by atoms with E-state index in [9.17, 15) is 35.9 Å². The number of piperidine rings is 1. The van der Waals surface area contributed by atoms with Crippen LogP contribution < -0.4 is 4.90 Å². The third-order valence-electron chi connectivity index (χ3n) is 7.01. The van der Waals surface area contributed by atoms with Crippen LogP contribution in [-0.4, -0.2) is 73.6 Å². The van der Waals surface area contributed by atoms with Crippen LogP contribution in [0.3, 0.4) is 0 Å². The maximum absolute atomic E-state index is 13.8. The van der Waals surface area contributed by atoms with Crippen LogP contribution in [0.15, 0.2) is 36.4 Å². The van der Waals surface area contributed by atoms with Crippen molar-refractivity contribution in [2.45, 2.75) is 44.0 Å². The number of hydrogen-bond acceptors (Lipinski definition) is 4. The van der Waals surface area contributed by atoms with Gasteiger partial charge in [-0.25, -0.2) is 4.98 Å². The molecule has 13 heteroatoms. The number of carbonyl (C=O) groups is 2. The van der Waals surface area contributed by atoms with Crippen LogP contribution in [0.1, 0.15) is 53.1 Å². The van der Waals surface area contributed by atoms with E-state index in [1.807, 2.05) is 4.90 Å². The highest BCUT2D eigenvalue weighted by Gasteiger charge is 2.47. The monoisotopic (exact) mass is 592 g/mol. The van der Waals surface area contributed by atoms with Crippen molar-refractivity contribution < 1.29 is 35.9 Å². The van der Waals surface area contributed by atoms with Crippen LogP contribution in [-0.2, 0) is 11.0 Å². The van der Waals surface area contributed by atoms with E-state index in [1.165, 1.54) is 11.9 Å². The molecular weight excluding hydrogens is 562 g/mol. The maximum atomic E-state index is 13.8. The molecule has 0 aliphatic carbocycles. The first-order chi connectivity index (χ1) is 18.6. The second-order valence-corrected chi connectivity index (χ2v) is 10.5. The fourth-order valence-electron chi connectivity index (χ4n) is 4.77. The summed E-state index contributed by atoms with van der Waals surface area (Å²) in [7, 11) is 4.48. The normalized spacial score (nSPS) is 15.6. The lowest BCUT2D eigenvalue weighted by molar-refractivity contribution is -0.171. The fourth-order valence-corrected chi connectivity index (χ4v) is 5.00. The van der Waals surface area contributed by atoms with Gasteiger partial charge in [0.15, 0.2) is 5.92 Å². The molecule has 1 saturated heterocycles. The average Bonchev–Trinajstić information content (AvgIpc) is 2.87. The Morgan fingerprint density at radius 3 is 2.25 bits per heavy atom. The lowest BCUT2D eigenvalue weighted by Crippen LogP contribution is -2.39. The van der Waals surface area contributed by atoms with E-state index in [1.54, 1.807) is 26.2 Å². The van der Waals surface area contributed by atoms with Gasteiger partial charge in [0.2, 0.25) is 5.91 Å². The summed E-state index contributed by atoms with van der Waals surface area (Å²) >= 11 is 6.22. The molecule has 0 saturated carbocycles. The Morgan fingerprint density at radius 1 is 1.05 bits per heavy atom. The van der Waals surface area contributed by atoms with Crippen molar-refractivity contribution in [3.05, 3.63) is 58.2 Å². The van der Waals surface area contributed by atoms with E-state index in [0.29, 0.717) is 49.4 Å². The highest BCUT2D eigenvalue weighted by Crippen LogP contribution is 2.39. The van der Waals surface area contributed by atoms with E-state index in [-0.39, 0.29) is 23.5 Å². The van der Waals surface area contributed by atoms with Crippen LogP contribution >= 0.6 is 11.6 Å². The number of likely N-dealkylation sites (N-methyl/N-ethyl adjacent to an activating group) is 1. The van der Waals surface area contributed by atoms with Gasteiger partial charge in [-0.2, -0.15) is 26.3 Å². The van der Waals surface area contributed by atoms with E-state index in [4.69, 9.17) is 11.6 Å². The minimum Gasteiger partial charge on any atom is -0.357 e. The molecule has 1 atom stereocenters. The van der Waals surface area contributed by atoms with Gasteiger partial charge in [0, 0.05) is 40.8 Å². The molecule has 0 bridgehead atoms. The summed E-state index contributed by atoms with van der Waals surface area (Å²) in [5.74, 6) is -3.28. The SMILES string of the molecule is CN(C)C(=O)c1ccc(N2CCC(CCCN(C)C(=O)C(c3cccc(C(F)(F)F)c3)C(F)(F)F)CC2)nc1Cl. The zero-order valence-electron chi connectivity index (χ0n) is 22.3. The summed E-state index contributed by atoms with van der Waals surface area (Å²) in [6.07, 6.45) is -7.15. The Kier molecular flexibility index (Phi) is 9.97. The topological polar surface area (TPSA) is 56.8 Å². The molecule has 1 aromatic carbocycles. The van der Waals surface area contributed by atoms with Crippen LogP contribution in [0.4, 0.5) is 32.2 Å². The minimum atomic E-state index is -5.04. The predicted molar refractivity (Wildman–Crippen MR) is 139 cm³/mol. The maximum Gasteiger partial charge on any atom is 0.416 e. The van der Waals surface area contributed by atoms with E-state index < -0.39 is 35.3 Å². The molecule has 1 aromatic heterocycles. The van der Waals surface area contributed by atoms with Gasteiger partial charge < -0.3 is 14.7 Å². The predicted octanol–water partition coefficient (Wildman–Crippen LogP) is 6.26. The molecule has 1 unspecified atom stereocenters. The van der Waals surface area contributed by atoms with Gasteiger partial charge >= 0.3 is 12.4 Å². The van der Waals surface area contributed by atoms with Crippen LogP contribution in [0, 0.1) is 5.92 Å². The second kappa shape index (κ2) is 12.7. The number of hydrogen-bond donors (Lipinski definition) is 0. The number of nitrogens with zero attached hydrogens (tertiary/aromatic N) is 4. The number of alkyl halides is 6. The van der Waals surface area contributed by atoms with Crippen LogP contribution in [0.2, 0.25) is 5.15 Å². The number of amides is 2. The number of benzene rings is 1. The average molecular weight is 593 g/mol. The highest BCUT2D eigenvalue weighted by atomic mass is 35.5. The molecule has 1 aliphatic rings. The Balaban J connectivity index is 1.54. The van der Waals surface area contributed by atoms with Crippen molar-refractivity contribution >= 4 is 29.2 Å². The van der Waals surface area contributed by atoms with E-state index in [2.05, 4.69) is 4.98 Å². The zero-order valence-corrected chi connectivity index (χ0v) is 23.1. The smallest absolute Gasteiger partial charge is 0.357 e. The standard InChI is InChI=1S/C27H31ClF6N4O2/c1-36(2)24(39)20-9-10-21(35-23(20)28)38-14-11-17(12-15-38)6-5-13-37(3)25(40)22(27(32,33)34)18-7-4-8-19(16-18)26(29,30)31/h4,7-10,16-17,22H,5-6,11-15H2,1-3H3. The van der Waals surface area contributed by atoms with Gasteiger partial charge in [-0.05, 0) is 55.4 Å². The summed E-state index contributed by atoms with van der Waals surface area (Å²) in [6.45, 7) is 1.40. The molecule has 0 radical (unpaired) electrons. The van der Waals surface area contributed by atoms with E-state index in [0.717, 1.165) is 29.9 Å². The number of rotatable bonds is 8. The quantitative estimate of drug-likeness (QED) is 0.268. The van der Waals surface area contributed by atoms with Gasteiger partial charge in [0.25, 0.3) is 5.91 Å². The highest BCUT2D eigenvalue weighted by molar-refractivity contribution is 6.32. The lowest BCUT2D eigenvalue weighted by Gasteiger charge is -2.33. The van der Waals surface area contributed by atoms with E-state index >= 15 is 0 Å². The first-order valence-corrected chi connectivity index (χ1v) is 13.1. The summed E-state index contributed by atoms with van der Waals surface area (Å²) < 4.78 is 80.5. The van der Waals surface area contributed by atoms with Gasteiger partial charge in [-0.1, -0.05) is 29.8 Å². The lowest BCUT2D eigenvalue weighted by atomic mass is 9.91. The molecule has 6 nitrogen and oxygen atoms in total. The van der Waals surface area contributed by atoms with Crippen molar-refractivity contribution in [3.8, 4) is 0 Å². The molecule has 2 heterocycles. The first-order valence-electron chi connectivity index (χ1n) is 12.7. The molecule has 1 fully saturated rings. The molecular formula is C27H31ClF6N4O2. The Morgan fingerprint density at radius 2 is 1.70 bits per heavy atom. The minimum absolute atomic E-state index is 0.0448. The molecule has 0 spiro atoms. The number of anilines is 1. The second-order valence-electron chi connectivity index (χ2n) is 10.1. The van der Waals surface area contributed by atoms with Gasteiger partial charge in [0.05, 0.1) is 11.1 Å². The molecule has 0 N–H and O–H groups in total. The molecule has 220 valence electrons. The fraction of sp³-hybridized carbons (Fsp3) is 0.519. The van der Waals surface area contributed by atoms with Crippen LogP contribution in [0.5, 0.6) is 0 Å². The Hall–Kier alpha value is -3.02. The summed E-state index contributed by atoms with van der Waals surface area (Å²) in [5.41, 5.74) is -1.67. The molecule has 3 rings (SSSR count). The van der Waals surface area contributed by atoms with Crippen molar-refractivity contribution in [3.63, 3.8) is 0 Å². The summed E-state index contributed by atoms with van der Waals surface area (Å²) in [6, 6.07) is 6.19. The molecule has 2 amide bonds. The molecule has 1 aliphatic heterocycles. The largest absolute Gasteiger partial charge is 0.416 e. The van der Waals surface area contributed by atoms with Gasteiger partial charge in [0.1, 0.15) is 11.0 Å². The number of aromatic nitrogens is 1. The number of pyridine rings is 1. The summed E-state index contributed by atoms with van der Waals surface area (Å²) in [5, 5.41) is 0.119. The van der Waals surface area contributed by atoms with Gasteiger partial charge in [-0.3, -0.25) is 9.59 Å².